The monoisotopic (exact) mass is 311 g/mol. The van der Waals surface area contributed by atoms with Gasteiger partial charge in [0.1, 0.15) is 0 Å². The molecular weight excluding hydrogens is 294 g/mol. The van der Waals surface area contributed by atoms with Gasteiger partial charge in [0.25, 0.3) is 10.2 Å². The van der Waals surface area contributed by atoms with Crippen molar-refractivity contribution in [3.8, 4) is 0 Å². The summed E-state index contributed by atoms with van der Waals surface area (Å²) < 4.78 is 24.3. The van der Waals surface area contributed by atoms with Crippen LogP contribution in [0.25, 0.3) is 0 Å². The maximum atomic E-state index is 11.0. The van der Waals surface area contributed by atoms with Gasteiger partial charge in [0, 0.05) is 10.6 Å². The van der Waals surface area contributed by atoms with Crippen LogP contribution in [0.2, 0.25) is 0 Å². The summed E-state index contributed by atoms with van der Waals surface area (Å²) in [4.78, 5) is 1.25. The minimum absolute atomic E-state index is 0.208. The quantitative estimate of drug-likeness (QED) is 0.767. The van der Waals surface area contributed by atoms with Crippen LogP contribution in [0.4, 0.5) is 11.4 Å². The van der Waals surface area contributed by atoms with E-state index in [0.29, 0.717) is 5.69 Å². The lowest BCUT2D eigenvalue weighted by Gasteiger charge is -2.17. The molecule has 7 heteroatoms. The summed E-state index contributed by atoms with van der Waals surface area (Å²) in [5, 5.41) is 10.4. The molecule has 2 aromatic rings. The standard InChI is InChI=1S/C13H17N3O2S2/c1-2-12(13-7-4-8-19-13)15-10-5-3-6-11(9-10)16-20(14,17)18/h3-9,12,15-16H,2H2,1H3,(H2,14,17,18). The van der Waals surface area contributed by atoms with Crippen molar-refractivity contribution >= 4 is 32.9 Å². The van der Waals surface area contributed by atoms with Gasteiger partial charge in [-0.3, -0.25) is 4.72 Å². The van der Waals surface area contributed by atoms with Crippen LogP contribution in [0.5, 0.6) is 0 Å². The summed E-state index contributed by atoms with van der Waals surface area (Å²) in [6.45, 7) is 2.10. The van der Waals surface area contributed by atoms with Gasteiger partial charge in [0.05, 0.1) is 11.7 Å². The molecule has 1 aromatic carbocycles. The second kappa shape index (κ2) is 6.25. The molecule has 108 valence electrons. The summed E-state index contributed by atoms with van der Waals surface area (Å²) in [5.74, 6) is 0. The highest BCUT2D eigenvalue weighted by Crippen LogP contribution is 2.27. The molecule has 0 spiro atoms. The minimum Gasteiger partial charge on any atom is -0.377 e. The van der Waals surface area contributed by atoms with Crippen molar-refractivity contribution in [3.63, 3.8) is 0 Å². The first-order chi connectivity index (χ1) is 9.48. The minimum atomic E-state index is -3.75. The number of hydrogen-bond donors (Lipinski definition) is 3. The number of nitrogens with one attached hydrogen (secondary N) is 2. The van der Waals surface area contributed by atoms with Crippen LogP contribution in [0.1, 0.15) is 24.3 Å². The molecule has 5 nitrogen and oxygen atoms in total. The second-order valence-corrected chi connectivity index (χ2v) is 6.62. The van der Waals surface area contributed by atoms with Crippen molar-refractivity contribution in [2.75, 3.05) is 10.0 Å². The molecule has 1 heterocycles. The molecule has 0 bridgehead atoms. The molecule has 0 amide bonds. The fourth-order valence-corrected chi connectivity index (χ4v) is 3.22. The van der Waals surface area contributed by atoms with Crippen molar-refractivity contribution in [3.05, 3.63) is 46.7 Å². The van der Waals surface area contributed by atoms with Gasteiger partial charge in [0.15, 0.2) is 0 Å². The topological polar surface area (TPSA) is 84.2 Å². The van der Waals surface area contributed by atoms with Crippen molar-refractivity contribution in [2.45, 2.75) is 19.4 Å². The predicted octanol–water partition coefficient (Wildman–Crippen LogP) is 2.93. The van der Waals surface area contributed by atoms with E-state index in [9.17, 15) is 8.42 Å². The van der Waals surface area contributed by atoms with E-state index in [4.69, 9.17) is 5.14 Å². The summed E-state index contributed by atoms with van der Waals surface area (Å²) in [5.41, 5.74) is 1.29. The molecule has 0 radical (unpaired) electrons. The van der Waals surface area contributed by atoms with Gasteiger partial charge in [-0.2, -0.15) is 8.42 Å². The van der Waals surface area contributed by atoms with Gasteiger partial charge in [-0.1, -0.05) is 19.1 Å². The van der Waals surface area contributed by atoms with Crippen LogP contribution in [-0.4, -0.2) is 8.42 Å². The third kappa shape index (κ3) is 4.22. The molecule has 0 saturated heterocycles. The third-order valence-corrected chi connectivity index (χ3v) is 4.26. The zero-order chi connectivity index (χ0) is 14.6. The Morgan fingerprint density at radius 3 is 2.60 bits per heavy atom. The van der Waals surface area contributed by atoms with E-state index in [1.165, 1.54) is 4.88 Å². The Balaban J connectivity index is 2.15. The number of nitrogens with two attached hydrogens (primary N) is 1. The molecule has 1 unspecified atom stereocenters. The molecule has 0 aliphatic heterocycles. The highest BCUT2D eigenvalue weighted by molar-refractivity contribution is 7.90. The van der Waals surface area contributed by atoms with E-state index in [2.05, 4.69) is 23.0 Å². The largest absolute Gasteiger partial charge is 0.377 e. The van der Waals surface area contributed by atoms with Crippen LogP contribution >= 0.6 is 11.3 Å². The van der Waals surface area contributed by atoms with E-state index < -0.39 is 10.2 Å². The van der Waals surface area contributed by atoms with E-state index in [-0.39, 0.29) is 6.04 Å². The van der Waals surface area contributed by atoms with Crippen LogP contribution in [0.15, 0.2) is 41.8 Å². The lowest BCUT2D eigenvalue weighted by molar-refractivity contribution is 0.603. The van der Waals surface area contributed by atoms with E-state index in [1.54, 1.807) is 29.5 Å². The Morgan fingerprint density at radius 1 is 1.25 bits per heavy atom. The number of hydrogen-bond acceptors (Lipinski definition) is 4. The first-order valence-corrected chi connectivity index (χ1v) is 8.61. The van der Waals surface area contributed by atoms with E-state index in [1.807, 2.05) is 17.5 Å². The van der Waals surface area contributed by atoms with Gasteiger partial charge in [-0.25, -0.2) is 5.14 Å². The molecule has 20 heavy (non-hydrogen) atoms. The van der Waals surface area contributed by atoms with Gasteiger partial charge in [-0.15, -0.1) is 11.3 Å². The van der Waals surface area contributed by atoms with Gasteiger partial charge in [-0.05, 0) is 36.1 Å². The number of rotatable bonds is 6. The normalized spacial score (nSPS) is 12.9. The Labute approximate surface area is 123 Å². The highest BCUT2D eigenvalue weighted by atomic mass is 32.2. The number of thiophene rings is 1. The van der Waals surface area contributed by atoms with Crippen LogP contribution < -0.4 is 15.2 Å². The molecular formula is C13H17N3O2S2. The molecule has 0 fully saturated rings. The summed E-state index contributed by atoms with van der Waals surface area (Å²) in [6, 6.07) is 11.4. The Morgan fingerprint density at radius 2 is 2.00 bits per heavy atom. The first kappa shape index (κ1) is 14.8. The van der Waals surface area contributed by atoms with Crippen molar-refractivity contribution in [2.24, 2.45) is 5.14 Å². The Bertz CT molecular complexity index is 654. The Hall–Kier alpha value is -1.57. The first-order valence-electron chi connectivity index (χ1n) is 6.18. The maximum absolute atomic E-state index is 11.0. The molecule has 4 N–H and O–H groups in total. The summed E-state index contributed by atoms with van der Waals surface area (Å²) >= 11 is 1.70. The molecule has 0 aliphatic carbocycles. The lowest BCUT2D eigenvalue weighted by atomic mass is 10.1. The highest BCUT2D eigenvalue weighted by Gasteiger charge is 2.10. The fraction of sp³-hybridized carbons (Fsp3) is 0.231. The van der Waals surface area contributed by atoms with Gasteiger partial charge in [0.2, 0.25) is 0 Å². The predicted molar refractivity (Wildman–Crippen MR) is 84.1 cm³/mol. The molecule has 1 atom stereocenters. The van der Waals surface area contributed by atoms with Crippen molar-refractivity contribution in [1.82, 2.24) is 0 Å². The Kier molecular flexibility index (Phi) is 4.64. The maximum Gasteiger partial charge on any atom is 0.296 e. The third-order valence-electron chi connectivity index (χ3n) is 2.76. The van der Waals surface area contributed by atoms with E-state index >= 15 is 0 Å². The molecule has 0 aliphatic rings. The number of anilines is 2. The fourth-order valence-electron chi connectivity index (χ4n) is 1.90. The zero-order valence-corrected chi connectivity index (χ0v) is 12.7. The van der Waals surface area contributed by atoms with Gasteiger partial charge >= 0.3 is 0 Å². The smallest absolute Gasteiger partial charge is 0.296 e. The summed E-state index contributed by atoms with van der Waals surface area (Å²) in [7, 11) is -3.75. The van der Waals surface area contributed by atoms with Crippen molar-refractivity contribution < 1.29 is 8.42 Å². The average Bonchev–Trinajstić information content (AvgIpc) is 2.88. The number of benzene rings is 1. The van der Waals surface area contributed by atoms with Crippen molar-refractivity contribution in [1.29, 1.82) is 0 Å². The zero-order valence-electron chi connectivity index (χ0n) is 11.0. The van der Waals surface area contributed by atoms with Gasteiger partial charge < -0.3 is 5.32 Å². The van der Waals surface area contributed by atoms with E-state index in [0.717, 1.165) is 12.1 Å². The molecule has 1 aromatic heterocycles. The molecule has 2 rings (SSSR count). The second-order valence-electron chi connectivity index (χ2n) is 4.35. The molecule has 0 saturated carbocycles. The van der Waals surface area contributed by atoms with Crippen LogP contribution in [0.3, 0.4) is 0 Å². The average molecular weight is 311 g/mol. The van der Waals surface area contributed by atoms with Crippen LogP contribution in [0, 0.1) is 0 Å². The summed E-state index contributed by atoms with van der Waals surface area (Å²) in [6.07, 6.45) is 0.938. The van der Waals surface area contributed by atoms with Crippen LogP contribution in [-0.2, 0) is 10.2 Å². The lowest BCUT2D eigenvalue weighted by Crippen LogP contribution is -2.21. The SMILES string of the molecule is CCC(Nc1cccc(NS(N)(=O)=O)c1)c1cccs1.